The van der Waals surface area contributed by atoms with E-state index in [1.54, 1.807) is 0 Å². The Labute approximate surface area is 155 Å². The number of phosphoric acid groups is 1. The third-order valence-corrected chi connectivity index (χ3v) is 6.64. The molecule has 1 saturated heterocycles. The summed E-state index contributed by atoms with van der Waals surface area (Å²) in [5.41, 5.74) is 5.16. The van der Waals surface area contributed by atoms with Gasteiger partial charge in [-0.15, -0.1) is 0 Å². The molecular weight excluding hydrogens is 428 g/mol. The fourth-order valence-corrected chi connectivity index (χ4v) is 5.08. The Kier molecular flexibility index (Phi) is 5.53. The summed E-state index contributed by atoms with van der Waals surface area (Å²) in [6.07, 6.45) is -1.51. The van der Waals surface area contributed by atoms with Gasteiger partial charge in [-0.2, -0.15) is 4.98 Å². The number of nitrogens with one attached hydrogen (secondary N) is 1. The van der Waals surface area contributed by atoms with Crippen LogP contribution in [0.3, 0.4) is 0 Å². The van der Waals surface area contributed by atoms with Gasteiger partial charge < -0.3 is 34.8 Å². The largest absolute Gasteiger partial charge is 0.476 e. The average molecular weight is 443 g/mol. The van der Waals surface area contributed by atoms with E-state index in [1.807, 2.05) is 0 Å². The molecule has 1 aliphatic rings. The Balaban J connectivity index is 1.73. The summed E-state index contributed by atoms with van der Waals surface area (Å²) in [4.78, 5) is 49.0. The Morgan fingerprint density at radius 2 is 2.19 bits per heavy atom. The fourth-order valence-electron chi connectivity index (χ4n) is 2.52. The number of H-pyrrole nitrogens is 1. The van der Waals surface area contributed by atoms with E-state index in [-0.39, 0.29) is 23.5 Å². The summed E-state index contributed by atoms with van der Waals surface area (Å²) in [6, 6.07) is 0. The van der Waals surface area contributed by atoms with Gasteiger partial charge in [-0.25, -0.2) is 13.9 Å². The lowest BCUT2D eigenvalue weighted by atomic mass is 10.2. The van der Waals surface area contributed by atoms with Crippen LogP contribution in [0.25, 0.3) is 11.2 Å². The van der Waals surface area contributed by atoms with Gasteiger partial charge >= 0.3 is 14.5 Å². The predicted molar refractivity (Wildman–Crippen MR) is 92.7 cm³/mol. The maximum absolute atomic E-state index is 11.8. The lowest BCUT2D eigenvalue weighted by Gasteiger charge is -2.20. The standard InChI is InChI=1S/C10H15N5O9P2S/c11-10-13-8-7(9(17)14-10)12-3-15(8)6-1-4(16)5(23-6)2-22-26(21,27)24-25(18,19)20/h3-6,16H,1-2H2,(H,21,27)(H2,18,19,20)(H3,11,13,14,17)/t4-,5+,6+,26?/m0/s1. The first-order valence-corrected chi connectivity index (χ1v) is 11.4. The molecule has 2 aromatic rings. The molecule has 0 aliphatic carbocycles. The first kappa shape index (κ1) is 20.5. The van der Waals surface area contributed by atoms with Crippen LogP contribution in [0, 0.1) is 0 Å². The van der Waals surface area contributed by atoms with Gasteiger partial charge in [0.2, 0.25) is 5.95 Å². The van der Waals surface area contributed by atoms with E-state index in [9.17, 15) is 19.4 Å². The monoisotopic (exact) mass is 443 g/mol. The molecule has 1 unspecified atom stereocenters. The SMILES string of the molecule is Nc1nc2c(ncn2[C@H]2C[C@H](O)[C@@H](COP(O)(=S)OP(=O)(O)O)O2)c(=O)[nH]1. The maximum Gasteiger partial charge on any atom is 0.476 e. The smallest absolute Gasteiger partial charge is 0.390 e. The minimum atomic E-state index is -5.05. The minimum Gasteiger partial charge on any atom is -0.390 e. The summed E-state index contributed by atoms with van der Waals surface area (Å²) in [5.74, 6) is -0.122. The van der Waals surface area contributed by atoms with Gasteiger partial charge in [-0.05, 0) is 11.8 Å². The predicted octanol–water partition coefficient (Wildman–Crippen LogP) is -1.31. The second kappa shape index (κ2) is 7.29. The minimum absolute atomic E-state index is 0.0305. The summed E-state index contributed by atoms with van der Waals surface area (Å²) >= 11 is 4.48. The summed E-state index contributed by atoms with van der Waals surface area (Å²) in [6.45, 7) is -4.73. The quantitative estimate of drug-likeness (QED) is 0.286. The Bertz CT molecular complexity index is 1000. The van der Waals surface area contributed by atoms with E-state index in [0.717, 1.165) is 0 Å². The number of ether oxygens (including phenoxy) is 1. The number of imidazole rings is 1. The van der Waals surface area contributed by atoms with E-state index in [1.165, 1.54) is 10.9 Å². The van der Waals surface area contributed by atoms with Crippen LogP contribution in [0.2, 0.25) is 0 Å². The number of aromatic nitrogens is 4. The summed E-state index contributed by atoms with van der Waals surface area (Å²) < 4.78 is 26.6. The second-order valence-corrected chi connectivity index (χ2v) is 9.76. The molecule has 3 rings (SSSR count). The van der Waals surface area contributed by atoms with Gasteiger partial charge in [0.15, 0.2) is 11.2 Å². The molecule has 1 aliphatic heterocycles. The van der Waals surface area contributed by atoms with Gasteiger partial charge in [-0.3, -0.25) is 14.3 Å². The van der Waals surface area contributed by atoms with Crippen LogP contribution in [0.1, 0.15) is 12.6 Å². The zero-order chi connectivity index (χ0) is 20.0. The van der Waals surface area contributed by atoms with Crippen molar-refractivity contribution in [3.05, 3.63) is 16.7 Å². The van der Waals surface area contributed by atoms with Crippen LogP contribution in [0.5, 0.6) is 0 Å². The zero-order valence-electron chi connectivity index (χ0n) is 13.3. The van der Waals surface area contributed by atoms with Crippen molar-refractivity contribution in [2.24, 2.45) is 0 Å². The number of aliphatic hydroxyl groups excluding tert-OH is 1. The van der Waals surface area contributed by atoms with E-state index in [4.69, 9.17) is 24.8 Å². The van der Waals surface area contributed by atoms with Crippen molar-refractivity contribution < 1.29 is 37.9 Å². The number of fused-ring (bicyclic) bond motifs is 1. The van der Waals surface area contributed by atoms with Crippen molar-refractivity contribution in [2.75, 3.05) is 12.3 Å². The van der Waals surface area contributed by atoms with Crippen LogP contribution in [0.15, 0.2) is 11.1 Å². The second-order valence-electron chi connectivity index (χ2n) is 5.54. The van der Waals surface area contributed by atoms with Gasteiger partial charge in [-0.1, -0.05) is 0 Å². The first-order valence-electron chi connectivity index (χ1n) is 7.25. The number of anilines is 1. The van der Waals surface area contributed by atoms with Crippen molar-refractivity contribution >= 4 is 43.5 Å². The average Bonchev–Trinajstić information content (AvgIpc) is 3.06. The maximum atomic E-state index is 11.8. The van der Waals surface area contributed by atoms with E-state index < -0.39 is 45.1 Å². The lowest BCUT2D eigenvalue weighted by molar-refractivity contribution is -0.0399. The highest BCUT2D eigenvalue weighted by Gasteiger charge is 2.38. The molecule has 0 aromatic carbocycles. The number of aromatic amines is 1. The molecule has 7 N–H and O–H groups in total. The van der Waals surface area contributed by atoms with E-state index in [2.05, 4.69) is 31.1 Å². The number of hydrogen-bond donors (Lipinski definition) is 6. The molecular formula is C10H15N5O9P2S. The summed E-state index contributed by atoms with van der Waals surface area (Å²) in [5, 5.41) is 10.1. The van der Waals surface area contributed by atoms with Crippen LogP contribution in [-0.4, -0.2) is 58.1 Å². The molecule has 14 nitrogen and oxygen atoms in total. The Hall–Kier alpha value is -1.25. The highest BCUT2D eigenvalue weighted by molar-refractivity contribution is 8.08. The molecule has 0 amide bonds. The van der Waals surface area contributed by atoms with E-state index >= 15 is 0 Å². The van der Waals surface area contributed by atoms with Crippen LogP contribution >= 0.6 is 14.5 Å². The van der Waals surface area contributed by atoms with Gasteiger partial charge in [0.1, 0.15) is 12.3 Å². The van der Waals surface area contributed by atoms with Crippen molar-refractivity contribution in [1.82, 2.24) is 19.5 Å². The van der Waals surface area contributed by atoms with Crippen LogP contribution < -0.4 is 11.3 Å². The number of aliphatic hydroxyl groups is 1. The number of hydrogen-bond acceptors (Lipinski definition) is 10. The third-order valence-electron chi connectivity index (χ3n) is 3.58. The molecule has 17 heteroatoms. The number of nitrogens with two attached hydrogens (primary N) is 1. The molecule has 3 heterocycles. The normalized spacial score (nSPS) is 25.7. The van der Waals surface area contributed by atoms with Crippen molar-refractivity contribution in [3.63, 3.8) is 0 Å². The van der Waals surface area contributed by atoms with E-state index in [0.29, 0.717) is 0 Å². The fraction of sp³-hybridized carbons (Fsp3) is 0.500. The molecule has 0 radical (unpaired) electrons. The topological polar surface area (TPSA) is 215 Å². The Morgan fingerprint density at radius 1 is 1.48 bits per heavy atom. The molecule has 27 heavy (non-hydrogen) atoms. The van der Waals surface area contributed by atoms with Crippen LogP contribution in [-0.2, 0) is 29.9 Å². The number of nitrogens with zero attached hydrogens (tertiary/aromatic N) is 3. The molecule has 0 spiro atoms. The number of rotatable bonds is 6. The van der Waals surface area contributed by atoms with Crippen molar-refractivity contribution in [3.8, 4) is 0 Å². The van der Waals surface area contributed by atoms with Gasteiger partial charge in [0.25, 0.3) is 5.56 Å². The molecule has 0 saturated carbocycles. The number of nitrogen functional groups attached to an aromatic ring is 1. The zero-order valence-corrected chi connectivity index (χ0v) is 15.9. The molecule has 1 fully saturated rings. The molecule has 150 valence electrons. The van der Waals surface area contributed by atoms with Crippen molar-refractivity contribution in [1.29, 1.82) is 0 Å². The van der Waals surface area contributed by atoms with Gasteiger partial charge in [0, 0.05) is 6.42 Å². The van der Waals surface area contributed by atoms with Gasteiger partial charge in [0.05, 0.1) is 19.0 Å². The summed E-state index contributed by atoms with van der Waals surface area (Å²) in [7, 11) is -5.05. The highest BCUT2D eigenvalue weighted by atomic mass is 32.5. The Morgan fingerprint density at radius 3 is 2.85 bits per heavy atom. The van der Waals surface area contributed by atoms with Crippen LogP contribution in [0.4, 0.5) is 5.95 Å². The first-order chi connectivity index (χ1) is 12.5. The molecule has 2 aromatic heterocycles. The molecule has 0 bridgehead atoms. The van der Waals surface area contributed by atoms with Crippen molar-refractivity contribution in [2.45, 2.75) is 24.9 Å². The molecule has 4 atom stereocenters. The highest BCUT2D eigenvalue weighted by Crippen LogP contribution is 2.58. The third kappa shape index (κ3) is 4.78. The lowest BCUT2D eigenvalue weighted by Crippen LogP contribution is -2.26.